The van der Waals surface area contributed by atoms with E-state index in [0.717, 1.165) is 0 Å². The first-order valence-electron chi connectivity index (χ1n) is 18.6. The molecule has 244 valence electrons. The van der Waals surface area contributed by atoms with Gasteiger partial charge in [-0.25, -0.2) is 0 Å². The Kier molecular flexibility index (Phi) is 5.80. The van der Waals surface area contributed by atoms with Crippen LogP contribution < -0.4 is 0 Å². The predicted molar refractivity (Wildman–Crippen MR) is 224 cm³/mol. The van der Waals surface area contributed by atoms with Crippen molar-refractivity contribution >= 4 is 43.1 Å². The highest BCUT2D eigenvalue weighted by Crippen LogP contribution is 2.63. The van der Waals surface area contributed by atoms with Crippen molar-refractivity contribution in [2.24, 2.45) is 0 Å². The van der Waals surface area contributed by atoms with Gasteiger partial charge >= 0.3 is 0 Å². The molecule has 10 aromatic carbocycles. The molecular formula is C53H32. The van der Waals surface area contributed by atoms with Gasteiger partial charge in [0.15, 0.2) is 0 Å². The van der Waals surface area contributed by atoms with Crippen LogP contribution in [0.4, 0.5) is 0 Å². The maximum absolute atomic E-state index is 2.42. The van der Waals surface area contributed by atoms with Crippen molar-refractivity contribution in [3.63, 3.8) is 0 Å². The number of hydrogen-bond acceptors (Lipinski definition) is 0. The lowest BCUT2D eigenvalue weighted by molar-refractivity contribution is 0.781. The van der Waals surface area contributed by atoms with Gasteiger partial charge < -0.3 is 0 Å². The highest BCUT2D eigenvalue weighted by atomic mass is 14.5. The Morgan fingerprint density at radius 3 is 1.62 bits per heavy atom. The van der Waals surface area contributed by atoms with E-state index in [1.165, 1.54) is 110 Å². The van der Waals surface area contributed by atoms with Gasteiger partial charge in [0.25, 0.3) is 0 Å². The van der Waals surface area contributed by atoms with Crippen LogP contribution in [0.1, 0.15) is 22.3 Å². The first kappa shape index (κ1) is 28.9. The van der Waals surface area contributed by atoms with Crippen molar-refractivity contribution < 1.29 is 0 Å². The minimum absolute atomic E-state index is 0.489. The number of fused-ring (bicyclic) bond motifs is 13. The Bertz CT molecular complexity index is 3130. The molecule has 1 spiro atoms. The lowest BCUT2D eigenvalue weighted by Crippen LogP contribution is -2.32. The molecule has 10 aromatic rings. The Hall–Kier alpha value is -6.76. The predicted octanol–water partition coefficient (Wildman–Crippen LogP) is 14.0. The average molecular weight is 669 g/mol. The molecule has 0 radical (unpaired) electrons. The van der Waals surface area contributed by atoms with Crippen molar-refractivity contribution in [1.82, 2.24) is 0 Å². The zero-order valence-electron chi connectivity index (χ0n) is 29.0. The van der Waals surface area contributed by atoms with Crippen molar-refractivity contribution in [3.05, 3.63) is 216 Å². The van der Waals surface area contributed by atoms with E-state index in [1.54, 1.807) is 0 Å². The number of hydrogen-bond donors (Lipinski definition) is 0. The molecule has 0 saturated carbocycles. The molecule has 0 fully saturated rings. The minimum atomic E-state index is -0.489. The van der Waals surface area contributed by atoms with Gasteiger partial charge in [0.2, 0.25) is 0 Å². The molecule has 0 N–H and O–H groups in total. The summed E-state index contributed by atoms with van der Waals surface area (Å²) >= 11 is 0. The van der Waals surface area contributed by atoms with Crippen LogP contribution in [-0.2, 0) is 5.41 Å². The molecule has 0 unspecified atom stereocenters. The van der Waals surface area contributed by atoms with Crippen LogP contribution in [-0.4, -0.2) is 0 Å². The van der Waals surface area contributed by atoms with Gasteiger partial charge in [0, 0.05) is 0 Å². The van der Waals surface area contributed by atoms with Crippen LogP contribution in [0.5, 0.6) is 0 Å². The third kappa shape index (κ3) is 3.80. The Morgan fingerprint density at radius 2 is 0.792 bits per heavy atom. The second-order valence-electron chi connectivity index (χ2n) is 14.7. The lowest BCUT2D eigenvalue weighted by Gasteiger charge is -2.41. The van der Waals surface area contributed by atoms with Gasteiger partial charge in [-0.15, -0.1) is 0 Å². The van der Waals surface area contributed by atoms with Gasteiger partial charge in [0.05, 0.1) is 5.41 Å². The van der Waals surface area contributed by atoms with Crippen molar-refractivity contribution in [1.29, 1.82) is 0 Å². The van der Waals surface area contributed by atoms with Crippen LogP contribution in [0.15, 0.2) is 194 Å². The lowest BCUT2D eigenvalue weighted by atomic mass is 9.60. The Balaban J connectivity index is 1.20. The first-order valence-corrected chi connectivity index (χ1v) is 18.6. The van der Waals surface area contributed by atoms with Crippen LogP contribution in [0, 0.1) is 0 Å². The summed E-state index contributed by atoms with van der Waals surface area (Å²) in [6.45, 7) is 0. The quantitative estimate of drug-likeness (QED) is 0.172. The average Bonchev–Trinajstić information content (AvgIpc) is 3.52. The van der Waals surface area contributed by atoms with Gasteiger partial charge in [-0.05, 0) is 122 Å². The summed E-state index contributed by atoms with van der Waals surface area (Å²) in [7, 11) is 0. The summed E-state index contributed by atoms with van der Waals surface area (Å²) < 4.78 is 0. The fourth-order valence-corrected chi connectivity index (χ4v) is 10.1. The highest BCUT2D eigenvalue weighted by molar-refractivity contribution is 6.15. The van der Waals surface area contributed by atoms with Gasteiger partial charge in [-0.3, -0.25) is 0 Å². The number of benzene rings is 10. The maximum Gasteiger partial charge on any atom is 0.0731 e. The molecule has 0 nitrogen and oxygen atoms in total. The molecule has 0 aliphatic heterocycles. The largest absolute Gasteiger partial charge is 0.0731 e. The molecule has 2 aliphatic carbocycles. The molecule has 0 amide bonds. The van der Waals surface area contributed by atoms with E-state index in [-0.39, 0.29) is 0 Å². The molecule has 0 saturated heterocycles. The van der Waals surface area contributed by atoms with E-state index in [2.05, 4.69) is 194 Å². The smallest absolute Gasteiger partial charge is 0.0619 e. The monoisotopic (exact) mass is 668 g/mol. The zero-order chi connectivity index (χ0) is 34.7. The normalized spacial score (nSPS) is 13.4. The highest BCUT2D eigenvalue weighted by Gasteiger charge is 2.50. The second kappa shape index (κ2) is 10.6. The van der Waals surface area contributed by atoms with Crippen molar-refractivity contribution in [2.75, 3.05) is 0 Å². The van der Waals surface area contributed by atoms with E-state index in [1.807, 2.05) is 0 Å². The van der Waals surface area contributed by atoms with Crippen LogP contribution in [0.3, 0.4) is 0 Å². The molecule has 0 bridgehead atoms. The summed E-state index contributed by atoms with van der Waals surface area (Å²) in [6.07, 6.45) is 0. The Labute approximate surface area is 308 Å². The summed E-state index contributed by atoms with van der Waals surface area (Å²) in [6, 6.07) is 73.0. The van der Waals surface area contributed by atoms with E-state index in [0.29, 0.717) is 0 Å². The molecule has 53 heavy (non-hydrogen) atoms. The first-order chi connectivity index (χ1) is 26.3. The van der Waals surface area contributed by atoms with E-state index >= 15 is 0 Å². The Morgan fingerprint density at radius 1 is 0.264 bits per heavy atom. The third-order valence-electron chi connectivity index (χ3n) is 12.2. The van der Waals surface area contributed by atoms with Crippen LogP contribution >= 0.6 is 0 Å². The summed E-state index contributed by atoms with van der Waals surface area (Å²) in [5.74, 6) is 0. The SMILES string of the molecule is c1ccc2c(c1)-c1ccccc1C21c2c(ccc3cc(-c4cccc5ccccc45)ccc23)-c2ccc(-c3ccc4ccccc4c3)c3cccc1c23. The fraction of sp³-hybridized carbons (Fsp3) is 0.0189. The molecule has 2 aliphatic rings. The maximum atomic E-state index is 2.42. The van der Waals surface area contributed by atoms with Crippen LogP contribution in [0.2, 0.25) is 0 Å². The summed E-state index contributed by atoms with van der Waals surface area (Å²) in [4.78, 5) is 0. The standard InChI is InChI=1S/C53H32/c1-2-13-35-31-36(24-23-33(35)11-1)41-29-30-46-47-28-26-38-32-37(40-18-9-14-34-12-3-4-15-39(34)40)25-27-42(38)52(47)53(50-22-10-19-45(41)51(46)50)48-20-7-5-16-43(48)44-17-6-8-21-49(44)53/h1-32H. The van der Waals surface area contributed by atoms with Crippen LogP contribution in [0.25, 0.3) is 87.6 Å². The van der Waals surface area contributed by atoms with Gasteiger partial charge in [0.1, 0.15) is 0 Å². The fourth-order valence-electron chi connectivity index (χ4n) is 10.1. The topological polar surface area (TPSA) is 0 Å². The van der Waals surface area contributed by atoms with Crippen molar-refractivity contribution in [2.45, 2.75) is 5.41 Å². The van der Waals surface area contributed by atoms with Gasteiger partial charge in [-0.2, -0.15) is 0 Å². The van der Waals surface area contributed by atoms with Crippen molar-refractivity contribution in [3.8, 4) is 44.5 Å². The molecule has 0 atom stereocenters. The molecular weight excluding hydrogens is 637 g/mol. The molecule has 0 aromatic heterocycles. The summed E-state index contributed by atoms with van der Waals surface area (Å²) in [5.41, 5.74) is 15.3. The second-order valence-corrected chi connectivity index (χ2v) is 14.7. The molecule has 12 rings (SSSR count). The number of rotatable bonds is 2. The third-order valence-corrected chi connectivity index (χ3v) is 12.2. The van der Waals surface area contributed by atoms with E-state index in [9.17, 15) is 0 Å². The van der Waals surface area contributed by atoms with E-state index < -0.39 is 5.41 Å². The van der Waals surface area contributed by atoms with Gasteiger partial charge in [-0.1, -0.05) is 182 Å². The zero-order valence-corrected chi connectivity index (χ0v) is 29.0. The summed E-state index contributed by atoms with van der Waals surface area (Å²) in [5, 5.41) is 10.3. The minimum Gasteiger partial charge on any atom is -0.0619 e. The molecule has 0 heteroatoms. The molecule has 0 heterocycles. The van der Waals surface area contributed by atoms with E-state index in [4.69, 9.17) is 0 Å².